The van der Waals surface area contributed by atoms with Gasteiger partial charge in [0.2, 0.25) is 0 Å². The van der Waals surface area contributed by atoms with Crippen LogP contribution in [0.1, 0.15) is 45.2 Å². The van der Waals surface area contributed by atoms with E-state index in [0.29, 0.717) is 5.41 Å². The molecule has 1 aliphatic carbocycles. The molecular weight excluding hydrogens is 210 g/mol. The molecule has 1 saturated carbocycles. The van der Waals surface area contributed by atoms with Crippen LogP contribution in [0.25, 0.3) is 0 Å². The van der Waals surface area contributed by atoms with Gasteiger partial charge in [0.25, 0.3) is 0 Å². The van der Waals surface area contributed by atoms with E-state index < -0.39 is 0 Å². The summed E-state index contributed by atoms with van der Waals surface area (Å²) in [5.74, 6) is 0. The molecule has 1 fully saturated rings. The average molecular weight is 235 g/mol. The van der Waals surface area contributed by atoms with Crippen molar-refractivity contribution in [2.45, 2.75) is 52.0 Å². The molecule has 1 aromatic heterocycles. The van der Waals surface area contributed by atoms with E-state index in [1.165, 1.54) is 31.4 Å². The number of aryl methyl sites for hydroxylation is 1. The Labute approximate surface area is 105 Å². The van der Waals surface area contributed by atoms with Crippen LogP contribution < -0.4 is 5.32 Å². The van der Waals surface area contributed by atoms with Gasteiger partial charge in [-0.3, -0.25) is 4.68 Å². The van der Waals surface area contributed by atoms with Crippen LogP contribution in [0.5, 0.6) is 0 Å². The summed E-state index contributed by atoms with van der Waals surface area (Å²) < 4.78 is 1.87. The van der Waals surface area contributed by atoms with Crippen LogP contribution in [0.2, 0.25) is 0 Å². The van der Waals surface area contributed by atoms with E-state index in [4.69, 9.17) is 0 Å². The maximum absolute atomic E-state index is 4.39. The Balaban J connectivity index is 1.66. The molecule has 96 valence electrons. The molecule has 1 aromatic rings. The summed E-state index contributed by atoms with van der Waals surface area (Å²) >= 11 is 0. The van der Waals surface area contributed by atoms with Gasteiger partial charge in [0.05, 0.1) is 5.69 Å². The van der Waals surface area contributed by atoms with Crippen molar-refractivity contribution in [3.8, 4) is 0 Å². The van der Waals surface area contributed by atoms with Gasteiger partial charge in [0, 0.05) is 32.3 Å². The van der Waals surface area contributed by atoms with Gasteiger partial charge in [-0.1, -0.05) is 13.8 Å². The first-order chi connectivity index (χ1) is 8.05. The van der Waals surface area contributed by atoms with Crippen molar-refractivity contribution < 1.29 is 0 Å². The van der Waals surface area contributed by atoms with Gasteiger partial charge in [-0.05, 0) is 37.2 Å². The van der Waals surface area contributed by atoms with Crippen LogP contribution in [-0.2, 0) is 13.5 Å². The fraction of sp³-hybridized carbons (Fsp3) is 0.786. The van der Waals surface area contributed by atoms with E-state index in [1.54, 1.807) is 0 Å². The van der Waals surface area contributed by atoms with Gasteiger partial charge in [-0.25, -0.2) is 0 Å². The smallest absolute Gasteiger partial charge is 0.0637 e. The molecule has 0 aliphatic heterocycles. The lowest BCUT2D eigenvalue weighted by molar-refractivity contribution is 0.207. The molecule has 1 heterocycles. The Kier molecular flexibility index (Phi) is 3.87. The summed E-state index contributed by atoms with van der Waals surface area (Å²) in [5.41, 5.74) is 1.76. The summed E-state index contributed by atoms with van der Waals surface area (Å²) in [6.45, 7) is 5.83. The maximum atomic E-state index is 4.39. The van der Waals surface area contributed by atoms with Gasteiger partial charge in [-0.15, -0.1) is 0 Å². The first kappa shape index (κ1) is 12.6. The van der Waals surface area contributed by atoms with Crippen molar-refractivity contribution in [1.82, 2.24) is 15.1 Å². The molecule has 0 saturated heterocycles. The predicted molar refractivity (Wildman–Crippen MR) is 71.0 cm³/mol. The fourth-order valence-corrected chi connectivity index (χ4v) is 2.60. The van der Waals surface area contributed by atoms with Gasteiger partial charge >= 0.3 is 0 Å². The lowest BCUT2D eigenvalue weighted by Crippen LogP contribution is -2.36. The Morgan fingerprint density at radius 1 is 1.41 bits per heavy atom. The van der Waals surface area contributed by atoms with Gasteiger partial charge < -0.3 is 5.32 Å². The summed E-state index contributed by atoms with van der Waals surface area (Å²) in [6.07, 6.45) is 8.42. The second-order valence-corrected chi connectivity index (χ2v) is 6.12. The van der Waals surface area contributed by atoms with Gasteiger partial charge in [-0.2, -0.15) is 5.10 Å². The second-order valence-electron chi connectivity index (χ2n) is 6.12. The number of rotatable bonds is 4. The molecule has 3 nitrogen and oxygen atoms in total. The minimum Gasteiger partial charge on any atom is -0.314 e. The second kappa shape index (κ2) is 5.21. The fourth-order valence-electron chi connectivity index (χ4n) is 2.60. The highest BCUT2D eigenvalue weighted by molar-refractivity contribution is 4.99. The third-order valence-electron chi connectivity index (χ3n) is 3.92. The molecule has 0 amide bonds. The zero-order chi connectivity index (χ0) is 12.3. The molecular formula is C14H25N3. The Hall–Kier alpha value is -0.830. The SMILES string of the molecule is Cn1ccc(CCNC2CCC(C)(C)CC2)n1. The molecule has 1 N–H and O–H groups in total. The zero-order valence-electron chi connectivity index (χ0n) is 11.4. The largest absolute Gasteiger partial charge is 0.314 e. The van der Waals surface area contributed by atoms with Crippen molar-refractivity contribution >= 4 is 0 Å². The van der Waals surface area contributed by atoms with E-state index >= 15 is 0 Å². The van der Waals surface area contributed by atoms with Crippen LogP contribution in [0.15, 0.2) is 12.3 Å². The van der Waals surface area contributed by atoms with Gasteiger partial charge in [0.1, 0.15) is 0 Å². The van der Waals surface area contributed by atoms with Gasteiger partial charge in [0.15, 0.2) is 0 Å². The molecule has 0 atom stereocenters. The summed E-state index contributed by atoms with van der Waals surface area (Å²) in [5, 5.41) is 8.06. The molecule has 0 aromatic carbocycles. The molecule has 0 bridgehead atoms. The van der Waals surface area contributed by atoms with E-state index in [-0.39, 0.29) is 0 Å². The Morgan fingerprint density at radius 3 is 2.71 bits per heavy atom. The normalized spacial score (nSPS) is 20.6. The van der Waals surface area contributed by atoms with Crippen LogP contribution >= 0.6 is 0 Å². The van der Waals surface area contributed by atoms with Crippen LogP contribution in [0.4, 0.5) is 0 Å². The van der Waals surface area contributed by atoms with Crippen molar-refractivity contribution in [1.29, 1.82) is 0 Å². The van der Waals surface area contributed by atoms with E-state index in [0.717, 1.165) is 19.0 Å². The van der Waals surface area contributed by atoms with E-state index in [9.17, 15) is 0 Å². The number of nitrogens with one attached hydrogen (secondary N) is 1. The molecule has 17 heavy (non-hydrogen) atoms. The molecule has 0 spiro atoms. The quantitative estimate of drug-likeness (QED) is 0.869. The van der Waals surface area contributed by atoms with Crippen LogP contribution in [0, 0.1) is 5.41 Å². The van der Waals surface area contributed by atoms with E-state index in [2.05, 4.69) is 30.3 Å². The first-order valence-electron chi connectivity index (χ1n) is 6.77. The predicted octanol–water partition coefficient (Wildman–Crippen LogP) is 2.52. The summed E-state index contributed by atoms with van der Waals surface area (Å²) in [6, 6.07) is 2.83. The minimum absolute atomic E-state index is 0.569. The number of nitrogens with zero attached hydrogens (tertiary/aromatic N) is 2. The topological polar surface area (TPSA) is 29.9 Å². The highest BCUT2D eigenvalue weighted by Crippen LogP contribution is 2.34. The number of aromatic nitrogens is 2. The Morgan fingerprint density at radius 2 is 2.12 bits per heavy atom. The molecule has 2 rings (SSSR count). The maximum Gasteiger partial charge on any atom is 0.0637 e. The van der Waals surface area contributed by atoms with Crippen molar-refractivity contribution in [2.75, 3.05) is 6.54 Å². The standard InChI is InChI=1S/C14H25N3/c1-14(2)8-4-12(5-9-14)15-10-6-13-7-11-17(3)16-13/h7,11-12,15H,4-6,8-10H2,1-3H3. The highest BCUT2D eigenvalue weighted by atomic mass is 15.2. The molecule has 3 heteroatoms. The first-order valence-corrected chi connectivity index (χ1v) is 6.77. The number of hydrogen-bond acceptors (Lipinski definition) is 2. The molecule has 1 aliphatic rings. The van der Waals surface area contributed by atoms with Crippen LogP contribution in [0.3, 0.4) is 0 Å². The number of hydrogen-bond donors (Lipinski definition) is 1. The van der Waals surface area contributed by atoms with E-state index in [1.807, 2.05) is 17.9 Å². The molecule has 0 unspecified atom stereocenters. The Bertz CT molecular complexity index is 344. The lowest BCUT2D eigenvalue weighted by atomic mass is 9.75. The van der Waals surface area contributed by atoms with Crippen molar-refractivity contribution in [3.63, 3.8) is 0 Å². The van der Waals surface area contributed by atoms with Crippen molar-refractivity contribution in [3.05, 3.63) is 18.0 Å². The minimum atomic E-state index is 0.569. The third-order valence-corrected chi connectivity index (χ3v) is 3.92. The highest BCUT2D eigenvalue weighted by Gasteiger charge is 2.26. The zero-order valence-corrected chi connectivity index (χ0v) is 11.4. The summed E-state index contributed by atoms with van der Waals surface area (Å²) in [4.78, 5) is 0. The van der Waals surface area contributed by atoms with Crippen LogP contribution in [-0.4, -0.2) is 22.4 Å². The van der Waals surface area contributed by atoms with Crippen molar-refractivity contribution in [2.24, 2.45) is 12.5 Å². The molecule has 0 radical (unpaired) electrons. The average Bonchev–Trinajstić information content (AvgIpc) is 2.67. The summed E-state index contributed by atoms with van der Waals surface area (Å²) in [7, 11) is 1.97. The lowest BCUT2D eigenvalue weighted by Gasteiger charge is -2.34. The third kappa shape index (κ3) is 3.84. The monoisotopic (exact) mass is 235 g/mol.